The molecular weight excluding hydrogens is 360 g/mol. The largest absolute Gasteiger partial charge is 0.339 e. The van der Waals surface area contributed by atoms with E-state index in [1.165, 1.54) is 0 Å². The van der Waals surface area contributed by atoms with E-state index in [1.807, 2.05) is 19.0 Å². The zero-order chi connectivity index (χ0) is 16.4. The first-order valence-electron chi connectivity index (χ1n) is 7.53. The topological polar surface area (TPSA) is 67.2 Å². The van der Waals surface area contributed by atoms with Gasteiger partial charge in [0.2, 0.25) is 5.95 Å². The predicted octanol–water partition coefficient (Wildman–Crippen LogP) is 1.71. The molecule has 1 amide bonds. The molecule has 2 aromatic heterocycles. The predicted molar refractivity (Wildman–Crippen MR) is 90.3 cm³/mol. The fourth-order valence-electron chi connectivity index (χ4n) is 2.82. The van der Waals surface area contributed by atoms with Crippen LogP contribution in [0.3, 0.4) is 0 Å². The third kappa shape index (κ3) is 3.52. The van der Waals surface area contributed by atoms with Crippen LogP contribution >= 0.6 is 15.9 Å². The Labute approximate surface area is 143 Å². The quantitative estimate of drug-likeness (QED) is 0.813. The first-order chi connectivity index (χ1) is 11.0. The first-order valence-corrected chi connectivity index (χ1v) is 8.32. The molecule has 1 aliphatic heterocycles. The van der Waals surface area contributed by atoms with Crippen LogP contribution in [-0.4, -0.2) is 56.7 Å². The number of halogens is 1. The Morgan fingerprint density at radius 1 is 1.35 bits per heavy atom. The highest BCUT2D eigenvalue weighted by Crippen LogP contribution is 2.20. The van der Waals surface area contributed by atoms with Crippen LogP contribution < -0.4 is 4.90 Å². The van der Waals surface area contributed by atoms with Crippen LogP contribution in [0, 0.1) is 0 Å². The number of likely N-dealkylation sites (N-methyl/N-ethyl adjacent to an activating group) is 1. The normalized spacial score (nSPS) is 18.0. The maximum atomic E-state index is 12.6. The molecule has 0 N–H and O–H groups in total. The van der Waals surface area contributed by atoms with Gasteiger partial charge in [0.15, 0.2) is 0 Å². The summed E-state index contributed by atoms with van der Waals surface area (Å²) in [5.74, 6) is 0.710. The molecule has 1 fully saturated rings. The summed E-state index contributed by atoms with van der Waals surface area (Å²) >= 11 is 3.35. The van der Waals surface area contributed by atoms with Gasteiger partial charge in [-0.05, 0) is 28.8 Å². The van der Waals surface area contributed by atoms with E-state index in [2.05, 4.69) is 35.9 Å². The number of carbonyl (C=O) groups excluding carboxylic acids is 1. The minimum atomic E-state index is 0.00155. The molecule has 122 valence electrons. The van der Waals surface area contributed by atoms with Crippen LogP contribution in [0.2, 0.25) is 0 Å². The van der Waals surface area contributed by atoms with Gasteiger partial charge in [-0.25, -0.2) is 9.97 Å². The zero-order valence-electron chi connectivity index (χ0n) is 13.2. The van der Waals surface area contributed by atoms with Crippen LogP contribution in [0.4, 0.5) is 5.95 Å². The van der Waals surface area contributed by atoms with Crippen molar-refractivity contribution in [2.45, 2.75) is 18.9 Å². The SMILES string of the molecule is CN(C(=O)c1cnn(C)c1)C1CCCN(c2ncc(Br)cn2)C1. The Hall–Kier alpha value is -1.96. The Morgan fingerprint density at radius 2 is 2.09 bits per heavy atom. The van der Waals surface area contributed by atoms with Crippen LogP contribution in [0.25, 0.3) is 0 Å². The molecule has 3 rings (SSSR count). The lowest BCUT2D eigenvalue weighted by Crippen LogP contribution is -2.49. The summed E-state index contributed by atoms with van der Waals surface area (Å²) in [7, 11) is 3.66. The Kier molecular flexibility index (Phi) is 4.61. The number of amides is 1. The fourth-order valence-corrected chi connectivity index (χ4v) is 3.03. The second-order valence-electron chi connectivity index (χ2n) is 5.76. The van der Waals surface area contributed by atoms with E-state index >= 15 is 0 Å². The zero-order valence-corrected chi connectivity index (χ0v) is 14.8. The smallest absolute Gasteiger partial charge is 0.257 e. The third-order valence-electron chi connectivity index (χ3n) is 4.11. The Balaban J connectivity index is 1.70. The number of anilines is 1. The van der Waals surface area contributed by atoms with Crippen molar-refractivity contribution in [2.75, 3.05) is 25.0 Å². The van der Waals surface area contributed by atoms with Crippen molar-refractivity contribution in [1.82, 2.24) is 24.6 Å². The van der Waals surface area contributed by atoms with Crippen molar-refractivity contribution in [3.05, 3.63) is 34.8 Å². The van der Waals surface area contributed by atoms with Crippen molar-refractivity contribution < 1.29 is 4.79 Å². The number of nitrogens with zero attached hydrogens (tertiary/aromatic N) is 6. The van der Waals surface area contributed by atoms with E-state index < -0.39 is 0 Å². The van der Waals surface area contributed by atoms with Crippen LogP contribution in [0.1, 0.15) is 23.2 Å². The summed E-state index contributed by atoms with van der Waals surface area (Å²) in [5, 5.41) is 4.07. The number of hydrogen-bond donors (Lipinski definition) is 0. The molecule has 2 aromatic rings. The standard InChI is InChI=1S/C15H19BrN6O/c1-20-9-11(6-19-20)14(23)21(2)13-4-3-5-22(10-13)15-17-7-12(16)8-18-15/h6-9,13H,3-5,10H2,1-2H3. The fraction of sp³-hybridized carbons (Fsp3) is 0.467. The number of rotatable bonds is 3. The average molecular weight is 379 g/mol. The van der Waals surface area contributed by atoms with Crippen molar-refractivity contribution in [2.24, 2.45) is 7.05 Å². The Bertz CT molecular complexity index is 686. The lowest BCUT2D eigenvalue weighted by atomic mass is 10.0. The van der Waals surface area contributed by atoms with E-state index in [0.717, 1.165) is 30.4 Å². The minimum absolute atomic E-state index is 0.00155. The van der Waals surface area contributed by atoms with Gasteiger partial charge in [-0.15, -0.1) is 0 Å². The molecule has 0 bridgehead atoms. The highest BCUT2D eigenvalue weighted by atomic mass is 79.9. The average Bonchev–Trinajstić information content (AvgIpc) is 3.01. The number of carbonyl (C=O) groups is 1. The third-order valence-corrected chi connectivity index (χ3v) is 4.52. The number of aromatic nitrogens is 4. The summed E-state index contributed by atoms with van der Waals surface area (Å²) in [6.07, 6.45) is 8.84. The van der Waals surface area contributed by atoms with Gasteiger partial charge in [-0.2, -0.15) is 5.10 Å². The molecule has 3 heterocycles. The highest BCUT2D eigenvalue weighted by molar-refractivity contribution is 9.10. The second kappa shape index (κ2) is 6.66. The summed E-state index contributed by atoms with van der Waals surface area (Å²) in [6.45, 7) is 1.65. The molecule has 23 heavy (non-hydrogen) atoms. The van der Waals surface area contributed by atoms with E-state index in [0.29, 0.717) is 11.5 Å². The van der Waals surface area contributed by atoms with E-state index in [4.69, 9.17) is 0 Å². The van der Waals surface area contributed by atoms with Crippen LogP contribution in [-0.2, 0) is 7.05 Å². The molecule has 0 radical (unpaired) electrons. The molecule has 1 unspecified atom stereocenters. The second-order valence-corrected chi connectivity index (χ2v) is 6.68. The summed E-state index contributed by atoms with van der Waals surface area (Å²) in [5.41, 5.74) is 0.618. The number of hydrogen-bond acceptors (Lipinski definition) is 5. The van der Waals surface area contributed by atoms with Crippen molar-refractivity contribution in [1.29, 1.82) is 0 Å². The molecular formula is C15H19BrN6O. The van der Waals surface area contributed by atoms with Crippen LogP contribution in [0.15, 0.2) is 29.3 Å². The molecule has 0 spiro atoms. The lowest BCUT2D eigenvalue weighted by Gasteiger charge is -2.37. The van der Waals surface area contributed by atoms with Crippen molar-refractivity contribution >= 4 is 27.8 Å². The molecule has 1 atom stereocenters. The van der Waals surface area contributed by atoms with Crippen LogP contribution in [0.5, 0.6) is 0 Å². The van der Waals surface area contributed by atoms with Crippen molar-refractivity contribution in [3.63, 3.8) is 0 Å². The Morgan fingerprint density at radius 3 is 2.74 bits per heavy atom. The molecule has 0 aliphatic carbocycles. The monoisotopic (exact) mass is 378 g/mol. The lowest BCUT2D eigenvalue weighted by molar-refractivity contribution is 0.0717. The summed E-state index contributed by atoms with van der Waals surface area (Å²) in [4.78, 5) is 25.2. The van der Waals surface area contributed by atoms with Gasteiger partial charge in [-0.3, -0.25) is 9.48 Å². The number of piperidine rings is 1. The van der Waals surface area contributed by atoms with Gasteiger partial charge < -0.3 is 9.80 Å². The maximum absolute atomic E-state index is 12.6. The molecule has 0 aromatic carbocycles. The number of aryl methyl sites for hydroxylation is 1. The van der Waals surface area contributed by atoms with Gasteiger partial charge in [-0.1, -0.05) is 0 Å². The van der Waals surface area contributed by atoms with Gasteiger partial charge >= 0.3 is 0 Å². The highest BCUT2D eigenvalue weighted by Gasteiger charge is 2.28. The van der Waals surface area contributed by atoms with Gasteiger partial charge in [0.25, 0.3) is 5.91 Å². The molecule has 1 aliphatic rings. The van der Waals surface area contributed by atoms with Gasteiger partial charge in [0.1, 0.15) is 0 Å². The summed E-state index contributed by atoms with van der Waals surface area (Å²) in [6, 6.07) is 0.142. The molecule has 7 nitrogen and oxygen atoms in total. The van der Waals surface area contributed by atoms with E-state index in [-0.39, 0.29) is 11.9 Å². The summed E-state index contributed by atoms with van der Waals surface area (Å²) < 4.78 is 2.50. The molecule has 1 saturated heterocycles. The molecule has 8 heteroatoms. The maximum Gasteiger partial charge on any atom is 0.257 e. The van der Waals surface area contributed by atoms with E-state index in [1.54, 1.807) is 29.5 Å². The van der Waals surface area contributed by atoms with Gasteiger partial charge in [0, 0.05) is 51.8 Å². The molecule has 0 saturated carbocycles. The first kappa shape index (κ1) is 15.9. The van der Waals surface area contributed by atoms with E-state index in [9.17, 15) is 4.79 Å². The van der Waals surface area contributed by atoms with Gasteiger partial charge in [0.05, 0.1) is 16.2 Å². The minimum Gasteiger partial charge on any atom is -0.339 e. The van der Waals surface area contributed by atoms with Crippen molar-refractivity contribution in [3.8, 4) is 0 Å².